The summed E-state index contributed by atoms with van der Waals surface area (Å²) in [6.45, 7) is 0. The van der Waals surface area contributed by atoms with Gasteiger partial charge in [0.15, 0.2) is 0 Å². The zero-order chi connectivity index (χ0) is 13.0. The maximum Gasteiger partial charge on any atom is 0.0357 e. The van der Waals surface area contributed by atoms with E-state index in [0.29, 0.717) is 0 Å². The van der Waals surface area contributed by atoms with Gasteiger partial charge in [-0.15, -0.1) is 0 Å². The van der Waals surface area contributed by atoms with E-state index in [9.17, 15) is 0 Å². The number of rotatable bonds is 4. The van der Waals surface area contributed by atoms with Gasteiger partial charge in [-0.1, -0.05) is 19.3 Å². The summed E-state index contributed by atoms with van der Waals surface area (Å²) in [6.07, 6.45) is 11.1. The molecule has 0 bridgehead atoms. The molecule has 100 valence electrons. The van der Waals surface area contributed by atoms with Gasteiger partial charge in [0, 0.05) is 24.0 Å². The molecule has 1 aromatic rings. The molecule has 1 atom stereocenters. The predicted octanol–water partition coefficient (Wildman–Crippen LogP) is 2.22. The highest BCUT2D eigenvalue weighted by Gasteiger charge is 2.39. The molecule has 2 rings (SSSR count). The Labute approximate surface area is 110 Å². The Hall–Kier alpha value is -0.930. The summed E-state index contributed by atoms with van der Waals surface area (Å²) in [7, 11) is 4.36. The lowest BCUT2D eigenvalue weighted by molar-refractivity contribution is 0.0716. The van der Waals surface area contributed by atoms with Crippen molar-refractivity contribution < 1.29 is 0 Å². The Morgan fingerprint density at radius 3 is 2.39 bits per heavy atom. The third kappa shape index (κ3) is 2.73. The number of aromatic nitrogens is 1. The molecule has 1 heterocycles. The molecule has 2 N–H and O–H groups in total. The Balaban J connectivity index is 2.11. The van der Waals surface area contributed by atoms with Crippen LogP contribution in [0.2, 0.25) is 0 Å². The Bertz CT molecular complexity index is 355. The standard InChI is InChI=1S/C15H25N3/c1-18(2)15(8-4-3-5-9-15)14(16)12-13-6-10-17-11-7-13/h6-7,10-11,14H,3-5,8-9,12,16H2,1-2H3. The van der Waals surface area contributed by atoms with E-state index in [4.69, 9.17) is 5.73 Å². The van der Waals surface area contributed by atoms with Gasteiger partial charge < -0.3 is 10.6 Å². The molecular formula is C15H25N3. The molecular weight excluding hydrogens is 222 g/mol. The molecule has 3 heteroatoms. The number of nitrogens with two attached hydrogens (primary N) is 1. The van der Waals surface area contributed by atoms with Crippen molar-refractivity contribution in [1.82, 2.24) is 9.88 Å². The van der Waals surface area contributed by atoms with E-state index in [1.165, 1.54) is 37.7 Å². The molecule has 0 spiro atoms. The van der Waals surface area contributed by atoms with E-state index in [1.54, 1.807) is 0 Å². The number of hydrogen-bond acceptors (Lipinski definition) is 3. The van der Waals surface area contributed by atoms with Crippen LogP contribution in [-0.2, 0) is 6.42 Å². The van der Waals surface area contributed by atoms with Crippen molar-refractivity contribution in [3.05, 3.63) is 30.1 Å². The molecule has 0 aliphatic heterocycles. The molecule has 3 nitrogen and oxygen atoms in total. The first-order chi connectivity index (χ1) is 8.65. The van der Waals surface area contributed by atoms with Crippen LogP contribution in [0.1, 0.15) is 37.7 Å². The first kappa shape index (κ1) is 13.5. The Morgan fingerprint density at radius 2 is 1.83 bits per heavy atom. The van der Waals surface area contributed by atoms with Crippen LogP contribution in [0, 0.1) is 0 Å². The van der Waals surface area contributed by atoms with Crippen molar-refractivity contribution in [2.45, 2.75) is 50.1 Å². The molecule has 18 heavy (non-hydrogen) atoms. The second-order valence-corrected chi connectivity index (χ2v) is 5.72. The molecule has 1 aliphatic rings. The van der Waals surface area contributed by atoms with Gasteiger partial charge in [-0.05, 0) is 51.1 Å². The summed E-state index contributed by atoms with van der Waals surface area (Å²) >= 11 is 0. The van der Waals surface area contributed by atoms with E-state index in [0.717, 1.165) is 6.42 Å². The lowest BCUT2D eigenvalue weighted by atomic mass is 9.74. The highest BCUT2D eigenvalue weighted by molar-refractivity contribution is 5.14. The van der Waals surface area contributed by atoms with Crippen molar-refractivity contribution in [2.75, 3.05) is 14.1 Å². The molecule has 1 saturated carbocycles. The SMILES string of the molecule is CN(C)C1(C(N)Cc2ccncc2)CCCCC1. The van der Waals surface area contributed by atoms with Crippen molar-refractivity contribution in [2.24, 2.45) is 5.73 Å². The molecule has 0 aromatic carbocycles. The van der Waals surface area contributed by atoms with Crippen LogP contribution in [0.4, 0.5) is 0 Å². The summed E-state index contributed by atoms with van der Waals surface area (Å²) in [4.78, 5) is 6.43. The van der Waals surface area contributed by atoms with Crippen molar-refractivity contribution >= 4 is 0 Å². The topological polar surface area (TPSA) is 42.1 Å². The minimum atomic E-state index is 0.182. The largest absolute Gasteiger partial charge is 0.326 e. The molecule has 0 radical (unpaired) electrons. The maximum absolute atomic E-state index is 6.55. The number of nitrogens with zero attached hydrogens (tertiary/aromatic N) is 2. The highest BCUT2D eigenvalue weighted by Crippen LogP contribution is 2.35. The minimum Gasteiger partial charge on any atom is -0.326 e. The molecule has 1 unspecified atom stereocenters. The fourth-order valence-electron chi connectivity index (χ4n) is 3.28. The lowest BCUT2D eigenvalue weighted by Crippen LogP contribution is -2.59. The lowest BCUT2D eigenvalue weighted by Gasteiger charge is -2.47. The van der Waals surface area contributed by atoms with Crippen molar-refractivity contribution in [3.8, 4) is 0 Å². The first-order valence-electron chi connectivity index (χ1n) is 6.97. The smallest absolute Gasteiger partial charge is 0.0357 e. The van der Waals surface area contributed by atoms with Gasteiger partial charge in [-0.25, -0.2) is 0 Å². The number of hydrogen-bond donors (Lipinski definition) is 1. The summed E-state index contributed by atoms with van der Waals surface area (Å²) < 4.78 is 0. The van der Waals surface area contributed by atoms with E-state index in [1.807, 2.05) is 12.4 Å². The third-order valence-electron chi connectivity index (χ3n) is 4.51. The Morgan fingerprint density at radius 1 is 1.22 bits per heavy atom. The van der Waals surface area contributed by atoms with Crippen LogP contribution >= 0.6 is 0 Å². The third-order valence-corrected chi connectivity index (χ3v) is 4.51. The fraction of sp³-hybridized carbons (Fsp3) is 0.667. The van der Waals surface area contributed by atoms with Crippen LogP contribution in [-0.4, -0.2) is 35.6 Å². The molecule has 0 saturated heterocycles. The van der Waals surface area contributed by atoms with E-state index >= 15 is 0 Å². The normalized spacial score (nSPS) is 20.9. The summed E-state index contributed by atoms with van der Waals surface area (Å²) in [6, 6.07) is 4.35. The van der Waals surface area contributed by atoms with Gasteiger partial charge >= 0.3 is 0 Å². The zero-order valence-electron chi connectivity index (χ0n) is 11.6. The highest BCUT2D eigenvalue weighted by atomic mass is 15.2. The number of likely N-dealkylation sites (N-methyl/N-ethyl adjacent to an activating group) is 1. The van der Waals surface area contributed by atoms with Gasteiger partial charge in [-0.3, -0.25) is 4.98 Å². The molecule has 1 fully saturated rings. The Kier molecular flexibility index (Phi) is 4.36. The minimum absolute atomic E-state index is 0.182. The maximum atomic E-state index is 6.55. The van der Waals surface area contributed by atoms with E-state index < -0.39 is 0 Å². The van der Waals surface area contributed by atoms with E-state index in [2.05, 4.69) is 36.1 Å². The summed E-state index contributed by atoms with van der Waals surface area (Å²) in [5, 5.41) is 0. The summed E-state index contributed by atoms with van der Waals surface area (Å²) in [5.41, 5.74) is 8.03. The van der Waals surface area contributed by atoms with Crippen LogP contribution < -0.4 is 5.73 Å². The molecule has 1 aromatic heterocycles. The molecule has 0 amide bonds. The summed E-state index contributed by atoms with van der Waals surface area (Å²) in [5.74, 6) is 0. The van der Waals surface area contributed by atoms with Gasteiger partial charge in [0.1, 0.15) is 0 Å². The second-order valence-electron chi connectivity index (χ2n) is 5.72. The number of pyridine rings is 1. The second kappa shape index (κ2) is 5.81. The average Bonchev–Trinajstić information content (AvgIpc) is 2.40. The van der Waals surface area contributed by atoms with Gasteiger partial charge in [0.25, 0.3) is 0 Å². The van der Waals surface area contributed by atoms with E-state index in [-0.39, 0.29) is 11.6 Å². The average molecular weight is 247 g/mol. The fourth-order valence-corrected chi connectivity index (χ4v) is 3.28. The van der Waals surface area contributed by atoms with Crippen molar-refractivity contribution in [3.63, 3.8) is 0 Å². The van der Waals surface area contributed by atoms with Gasteiger partial charge in [0.2, 0.25) is 0 Å². The monoisotopic (exact) mass is 247 g/mol. The van der Waals surface area contributed by atoms with Crippen LogP contribution in [0.5, 0.6) is 0 Å². The van der Waals surface area contributed by atoms with Gasteiger partial charge in [-0.2, -0.15) is 0 Å². The quantitative estimate of drug-likeness (QED) is 0.887. The van der Waals surface area contributed by atoms with Crippen LogP contribution in [0.3, 0.4) is 0 Å². The first-order valence-corrected chi connectivity index (χ1v) is 6.97. The van der Waals surface area contributed by atoms with Crippen molar-refractivity contribution in [1.29, 1.82) is 0 Å². The molecule has 1 aliphatic carbocycles. The van der Waals surface area contributed by atoms with Crippen LogP contribution in [0.25, 0.3) is 0 Å². The predicted molar refractivity (Wildman–Crippen MR) is 75.4 cm³/mol. The zero-order valence-corrected chi connectivity index (χ0v) is 11.6. The van der Waals surface area contributed by atoms with Gasteiger partial charge in [0.05, 0.1) is 0 Å². The van der Waals surface area contributed by atoms with Crippen LogP contribution in [0.15, 0.2) is 24.5 Å².